The third-order valence-electron chi connectivity index (χ3n) is 3.35. The average Bonchev–Trinajstić information content (AvgIpc) is 2.95. The number of carbonyl (C=O) groups is 1. The fourth-order valence-electron chi connectivity index (χ4n) is 2.18. The molecule has 0 spiro atoms. The molecule has 0 bridgehead atoms. The molecule has 0 unspecified atom stereocenters. The number of hydrogen-bond donors (Lipinski definition) is 0. The first kappa shape index (κ1) is 16.2. The lowest BCUT2D eigenvalue weighted by Crippen LogP contribution is -2.01. The summed E-state index contributed by atoms with van der Waals surface area (Å²) >= 11 is 3.37. The maximum atomic E-state index is 11.9. The smallest absolute Gasteiger partial charge is 0.363 e. The molecule has 3 rings (SSSR count). The van der Waals surface area contributed by atoms with Crippen molar-refractivity contribution in [1.82, 2.24) is 0 Å². The fourth-order valence-corrected chi connectivity index (χ4v) is 2.44. The number of ether oxygens (including phenoxy) is 2. The molecule has 1 aliphatic rings. The first-order valence-electron chi connectivity index (χ1n) is 7.25. The van der Waals surface area contributed by atoms with Crippen molar-refractivity contribution in [3.05, 3.63) is 75.9 Å². The van der Waals surface area contributed by atoms with Crippen LogP contribution < -0.4 is 4.74 Å². The number of benzene rings is 2. The summed E-state index contributed by atoms with van der Waals surface area (Å²) in [4.78, 5) is 16.1. The van der Waals surface area contributed by atoms with Gasteiger partial charge in [-0.15, -0.1) is 0 Å². The van der Waals surface area contributed by atoms with Crippen LogP contribution in [-0.2, 0) is 9.53 Å². The van der Waals surface area contributed by atoms with E-state index in [0.717, 1.165) is 21.3 Å². The van der Waals surface area contributed by atoms with E-state index in [-0.39, 0.29) is 11.6 Å². The molecule has 2 aromatic carbocycles. The van der Waals surface area contributed by atoms with Crippen LogP contribution in [0.2, 0.25) is 0 Å². The predicted octanol–water partition coefficient (Wildman–Crippen LogP) is 4.47. The minimum Gasteiger partial charge on any atom is -0.496 e. The summed E-state index contributed by atoms with van der Waals surface area (Å²) < 4.78 is 11.4. The van der Waals surface area contributed by atoms with Crippen molar-refractivity contribution in [1.29, 1.82) is 0 Å². The van der Waals surface area contributed by atoms with Crippen molar-refractivity contribution in [2.75, 3.05) is 7.11 Å². The van der Waals surface area contributed by atoms with Gasteiger partial charge >= 0.3 is 5.97 Å². The van der Waals surface area contributed by atoms with E-state index in [2.05, 4.69) is 20.9 Å². The Morgan fingerprint density at radius 3 is 2.58 bits per heavy atom. The second-order valence-electron chi connectivity index (χ2n) is 5.00. The molecule has 5 heteroatoms. The van der Waals surface area contributed by atoms with Gasteiger partial charge in [0, 0.05) is 16.1 Å². The number of nitrogens with zero attached hydrogens (tertiary/aromatic N) is 1. The van der Waals surface area contributed by atoms with E-state index >= 15 is 0 Å². The molecule has 0 radical (unpaired) electrons. The molecule has 120 valence electrons. The molecule has 2 aromatic rings. The Morgan fingerprint density at radius 1 is 1.08 bits per heavy atom. The van der Waals surface area contributed by atoms with Crippen LogP contribution in [-0.4, -0.2) is 19.0 Å². The van der Waals surface area contributed by atoms with Crippen LogP contribution in [0.15, 0.2) is 69.8 Å². The third kappa shape index (κ3) is 3.81. The Balaban J connectivity index is 1.81. The van der Waals surface area contributed by atoms with Crippen molar-refractivity contribution in [3.63, 3.8) is 0 Å². The van der Waals surface area contributed by atoms with Crippen molar-refractivity contribution >= 4 is 39.9 Å². The number of methoxy groups -OCH3 is 1. The molecular formula is C19H14BrNO3. The lowest BCUT2D eigenvalue weighted by atomic mass is 10.2. The van der Waals surface area contributed by atoms with E-state index in [1.54, 1.807) is 25.3 Å². The highest BCUT2D eigenvalue weighted by molar-refractivity contribution is 9.10. The molecule has 0 saturated carbocycles. The van der Waals surface area contributed by atoms with E-state index in [4.69, 9.17) is 9.47 Å². The van der Waals surface area contributed by atoms with Gasteiger partial charge in [0.15, 0.2) is 5.70 Å². The molecule has 0 N–H and O–H groups in total. The summed E-state index contributed by atoms with van der Waals surface area (Å²) in [6, 6.07) is 15.2. The van der Waals surface area contributed by atoms with E-state index in [9.17, 15) is 4.79 Å². The SMILES string of the molecule is COc1ccccc1C=CC1=NC(=Cc2ccc(Br)cc2)C(=O)O1. The molecule has 0 saturated heterocycles. The molecule has 0 aliphatic carbocycles. The molecule has 0 fully saturated rings. The van der Waals surface area contributed by atoms with Crippen LogP contribution in [0, 0.1) is 0 Å². The molecule has 0 aromatic heterocycles. The highest BCUT2D eigenvalue weighted by atomic mass is 79.9. The Hall–Kier alpha value is -2.66. The number of esters is 1. The first-order chi connectivity index (χ1) is 11.7. The van der Waals surface area contributed by atoms with E-state index < -0.39 is 5.97 Å². The monoisotopic (exact) mass is 383 g/mol. The summed E-state index contributed by atoms with van der Waals surface area (Å²) in [6.07, 6.45) is 5.14. The zero-order chi connectivity index (χ0) is 16.9. The van der Waals surface area contributed by atoms with Crippen LogP contribution in [0.4, 0.5) is 0 Å². The molecule has 4 nitrogen and oxygen atoms in total. The van der Waals surface area contributed by atoms with E-state index in [0.29, 0.717) is 0 Å². The standard InChI is InChI=1S/C19H14BrNO3/c1-23-17-5-3-2-4-14(17)8-11-18-21-16(19(22)24-18)12-13-6-9-15(20)10-7-13/h2-12H,1H3. The summed E-state index contributed by atoms with van der Waals surface area (Å²) in [7, 11) is 1.61. The minimum atomic E-state index is -0.461. The molecule has 1 aliphatic heterocycles. The van der Waals surface area contributed by atoms with Gasteiger partial charge in [-0.2, -0.15) is 0 Å². The second-order valence-corrected chi connectivity index (χ2v) is 5.91. The zero-order valence-electron chi connectivity index (χ0n) is 12.9. The minimum absolute atomic E-state index is 0.259. The van der Waals surface area contributed by atoms with E-state index in [1.807, 2.05) is 48.5 Å². The van der Waals surface area contributed by atoms with Crippen molar-refractivity contribution in [2.24, 2.45) is 4.99 Å². The Labute approximate surface area is 148 Å². The van der Waals surface area contributed by atoms with Gasteiger partial charge in [-0.3, -0.25) is 0 Å². The molecule has 24 heavy (non-hydrogen) atoms. The number of hydrogen-bond acceptors (Lipinski definition) is 4. The van der Waals surface area contributed by atoms with Crippen LogP contribution >= 0.6 is 15.9 Å². The normalized spacial score (nSPS) is 15.7. The van der Waals surface area contributed by atoms with Gasteiger partial charge in [-0.1, -0.05) is 46.3 Å². The second kappa shape index (κ2) is 7.27. The number of aliphatic imine (C=N–C) groups is 1. The maximum Gasteiger partial charge on any atom is 0.363 e. The Morgan fingerprint density at radius 2 is 1.83 bits per heavy atom. The number of halogens is 1. The topological polar surface area (TPSA) is 47.9 Å². The number of carbonyl (C=O) groups excluding carboxylic acids is 1. The lowest BCUT2D eigenvalue weighted by molar-refractivity contribution is -0.129. The van der Waals surface area contributed by atoms with Crippen molar-refractivity contribution < 1.29 is 14.3 Å². The van der Waals surface area contributed by atoms with Gasteiger partial charge in [-0.05, 0) is 35.9 Å². The molecule has 0 atom stereocenters. The van der Waals surface area contributed by atoms with Crippen LogP contribution in [0.1, 0.15) is 11.1 Å². The highest BCUT2D eigenvalue weighted by Crippen LogP contribution is 2.21. The van der Waals surface area contributed by atoms with Gasteiger partial charge < -0.3 is 9.47 Å². The number of rotatable bonds is 4. The Kier molecular flexibility index (Phi) is 4.91. The lowest BCUT2D eigenvalue weighted by Gasteiger charge is -2.02. The Bertz CT molecular complexity index is 851. The van der Waals surface area contributed by atoms with E-state index in [1.165, 1.54) is 0 Å². The van der Waals surface area contributed by atoms with Crippen molar-refractivity contribution in [3.8, 4) is 5.75 Å². The van der Waals surface area contributed by atoms with Gasteiger partial charge in [0.25, 0.3) is 0 Å². The first-order valence-corrected chi connectivity index (χ1v) is 8.04. The predicted molar refractivity (Wildman–Crippen MR) is 97.7 cm³/mol. The zero-order valence-corrected chi connectivity index (χ0v) is 14.5. The number of cyclic esters (lactones) is 1. The third-order valence-corrected chi connectivity index (χ3v) is 3.88. The molecule has 0 amide bonds. The van der Waals surface area contributed by atoms with Gasteiger partial charge in [-0.25, -0.2) is 9.79 Å². The number of para-hydroxylation sites is 1. The summed E-state index contributed by atoms with van der Waals surface area (Å²) in [5.74, 6) is 0.538. The molecular weight excluding hydrogens is 370 g/mol. The highest BCUT2D eigenvalue weighted by Gasteiger charge is 2.21. The van der Waals surface area contributed by atoms with Crippen LogP contribution in [0.25, 0.3) is 12.2 Å². The van der Waals surface area contributed by atoms with Gasteiger partial charge in [0.1, 0.15) is 5.75 Å². The van der Waals surface area contributed by atoms with Crippen molar-refractivity contribution in [2.45, 2.75) is 0 Å². The molecule has 1 heterocycles. The largest absolute Gasteiger partial charge is 0.496 e. The van der Waals surface area contributed by atoms with Crippen LogP contribution in [0.3, 0.4) is 0 Å². The average molecular weight is 384 g/mol. The summed E-state index contributed by atoms with van der Waals surface area (Å²) in [6.45, 7) is 0. The maximum absolute atomic E-state index is 11.9. The van der Waals surface area contributed by atoms with Gasteiger partial charge in [0.2, 0.25) is 5.90 Å². The quantitative estimate of drug-likeness (QED) is 0.578. The fraction of sp³-hybridized carbons (Fsp3) is 0.0526. The summed E-state index contributed by atoms with van der Waals surface area (Å²) in [5, 5.41) is 0. The summed E-state index contributed by atoms with van der Waals surface area (Å²) in [5.41, 5.74) is 2.03. The van der Waals surface area contributed by atoms with Gasteiger partial charge in [0.05, 0.1) is 7.11 Å². The van der Waals surface area contributed by atoms with Crippen LogP contribution in [0.5, 0.6) is 5.75 Å².